The number of anilines is 1. The lowest BCUT2D eigenvalue weighted by Gasteiger charge is -2.33. The van der Waals surface area contributed by atoms with Crippen molar-refractivity contribution in [1.29, 1.82) is 0 Å². The summed E-state index contributed by atoms with van der Waals surface area (Å²) >= 11 is 6.20. The Morgan fingerprint density at radius 2 is 1.73 bits per heavy atom. The van der Waals surface area contributed by atoms with Crippen LogP contribution in [0.15, 0.2) is 48.5 Å². The molecule has 33 heavy (non-hydrogen) atoms. The van der Waals surface area contributed by atoms with E-state index in [2.05, 4.69) is 5.32 Å². The fourth-order valence-electron chi connectivity index (χ4n) is 3.32. The van der Waals surface area contributed by atoms with Gasteiger partial charge in [-0.3, -0.25) is 13.9 Å². The van der Waals surface area contributed by atoms with Crippen molar-refractivity contribution < 1.29 is 22.4 Å². The summed E-state index contributed by atoms with van der Waals surface area (Å²) < 4.78 is 39.4. The lowest BCUT2D eigenvalue weighted by atomic mass is 10.1. The monoisotopic (exact) mass is 497 g/mol. The number of nitrogens with one attached hydrogen (secondary N) is 1. The number of sulfonamides is 1. The molecule has 0 saturated carbocycles. The van der Waals surface area contributed by atoms with Crippen LogP contribution in [0, 0.1) is 5.82 Å². The van der Waals surface area contributed by atoms with E-state index in [4.69, 9.17) is 11.6 Å². The minimum atomic E-state index is -3.86. The van der Waals surface area contributed by atoms with E-state index in [9.17, 15) is 22.4 Å². The van der Waals surface area contributed by atoms with Crippen LogP contribution >= 0.6 is 11.6 Å². The molecule has 2 aromatic rings. The summed E-state index contributed by atoms with van der Waals surface area (Å²) in [6.07, 6.45) is 2.02. The molecule has 0 aliphatic carbocycles. The van der Waals surface area contributed by atoms with E-state index in [1.165, 1.54) is 41.3 Å². The fourth-order valence-corrected chi connectivity index (χ4v) is 4.47. The number of rotatable bonds is 11. The van der Waals surface area contributed by atoms with E-state index in [-0.39, 0.29) is 23.2 Å². The third-order valence-corrected chi connectivity index (χ3v) is 6.45. The minimum absolute atomic E-state index is 0.0112. The molecule has 0 aromatic heterocycles. The Balaban J connectivity index is 2.42. The van der Waals surface area contributed by atoms with Crippen LogP contribution in [0.5, 0.6) is 0 Å². The van der Waals surface area contributed by atoms with Crippen molar-refractivity contribution in [3.63, 3.8) is 0 Å². The topological polar surface area (TPSA) is 86.8 Å². The van der Waals surface area contributed by atoms with Gasteiger partial charge in [-0.25, -0.2) is 12.8 Å². The highest BCUT2D eigenvalue weighted by atomic mass is 35.5. The smallest absolute Gasteiger partial charge is 0.244 e. The highest BCUT2D eigenvalue weighted by molar-refractivity contribution is 7.92. The zero-order valence-corrected chi connectivity index (χ0v) is 20.5. The number of para-hydroxylation sites is 1. The Labute approximate surface area is 199 Å². The molecule has 0 aliphatic heterocycles. The highest BCUT2D eigenvalue weighted by Gasteiger charge is 2.32. The van der Waals surface area contributed by atoms with Gasteiger partial charge in [-0.2, -0.15) is 0 Å². The number of nitrogens with zero attached hydrogens (tertiary/aromatic N) is 2. The standard InChI is InChI=1S/C23H29ClFN3O4S/c1-4-14-26-23(30)20(5-2)27(15-17-10-12-18(25)13-11-17)22(29)16-28(33(3,31)32)21-9-7-6-8-19(21)24/h6-13,20H,4-5,14-16H2,1-3H3,(H,26,30). The zero-order valence-electron chi connectivity index (χ0n) is 18.9. The van der Waals surface area contributed by atoms with Crippen molar-refractivity contribution >= 4 is 39.1 Å². The maximum Gasteiger partial charge on any atom is 0.244 e. The van der Waals surface area contributed by atoms with Crippen LogP contribution in [0.2, 0.25) is 5.02 Å². The molecule has 0 saturated heterocycles. The molecular weight excluding hydrogens is 469 g/mol. The molecule has 0 bridgehead atoms. The number of hydrogen-bond donors (Lipinski definition) is 1. The van der Waals surface area contributed by atoms with Crippen molar-refractivity contribution in [1.82, 2.24) is 10.2 Å². The maximum atomic E-state index is 13.5. The Kier molecular flexibility index (Phi) is 9.67. The molecule has 180 valence electrons. The fraction of sp³-hybridized carbons (Fsp3) is 0.391. The molecule has 1 atom stereocenters. The van der Waals surface area contributed by atoms with E-state index < -0.39 is 34.3 Å². The summed E-state index contributed by atoms with van der Waals surface area (Å²) in [7, 11) is -3.86. The maximum absolute atomic E-state index is 13.5. The van der Waals surface area contributed by atoms with Gasteiger partial charge in [0.2, 0.25) is 21.8 Å². The Bertz CT molecular complexity index is 1060. The van der Waals surface area contributed by atoms with Crippen LogP contribution in [0.25, 0.3) is 0 Å². The second-order valence-corrected chi connectivity index (χ2v) is 9.90. The predicted octanol–water partition coefficient (Wildman–Crippen LogP) is 3.58. The molecule has 1 unspecified atom stereocenters. The van der Waals surface area contributed by atoms with Crippen LogP contribution < -0.4 is 9.62 Å². The van der Waals surface area contributed by atoms with Gasteiger partial charge in [-0.05, 0) is 42.7 Å². The number of carbonyl (C=O) groups excluding carboxylic acids is 2. The highest BCUT2D eigenvalue weighted by Crippen LogP contribution is 2.27. The average molecular weight is 498 g/mol. The molecule has 0 aliphatic rings. The summed E-state index contributed by atoms with van der Waals surface area (Å²) in [6.45, 7) is 3.60. The summed E-state index contributed by atoms with van der Waals surface area (Å²) in [5.74, 6) is -1.34. The molecule has 0 heterocycles. The SMILES string of the molecule is CCCNC(=O)C(CC)N(Cc1ccc(F)cc1)C(=O)CN(c1ccccc1Cl)S(C)(=O)=O. The predicted molar refractivity (Wildman–Crippen MR) is 128 cm³/mol. The van der Waals surface area contributed by atoms with Crippen molar-refractivity contribution in [2.75, 3.05) is 23.7 Å². The van der Waals surface area contributed by atoms with Crippen LogP contribution in [0.3, 0.4) is 0 Å². The van der Waals surface area contributed by atoms with Gasteiger partial charge in [0.05, 0.1) is 17.0 Å². The largest absolute Gasteiger partial charge is 0.354 e. The van der Waals surface area contributed by atoms with Crippen molar-refractivity contribution in [2.24, 2.45) is 0 Å². The Morgan fingerprint density at radius 3 is 2.27 bits per heavy atom. The zero-order chi connectivity index (χ0) is 24.6. The van der Waals surface area contributed by atoms with E-state index in [0.717, 1.165) is 17.0 Å². The number of hydrogen-bond acceptors (Lipinski definition) is 4. The van der Waals surface area contributed by atoms with Gasteiger partial charge in [0, 0.05) is 13.1 Å². The quantitative estimate of drug-likeness (QED) is 0.514. The molecule has 2 rings (SSSR count). The van der Waals surface area contributed by atoms with Crippen LogP contribution in [-0.2, 0) is 26.2 Å². The summed E-state index contributed by atoms with van der Waals surface area (Å²) in [5, 5.41) is 2.97. The molecule has 2 amide bonds. The van der Waals surface area contributed by atoms with Crippen molar-refractivity contribution in [3.05, 3.63) is 64.9 Å². The Morgan fingerprint density at radius 1 is 1.09 bits per heavy atom. The molecule has 0 fully saturated rings. The second-order valence-electron chi connectivity index (χ2n) is 7.58. The van der Waals surface area contributed by atoms with Gasteiger partial charge in [-0.1, -0.05) is 49.7 Å². The number of carbonyl (C=O) groups is 2. The first-order valence-corrected chi connectivity index (χ1v) is 12.8. The molecule has 1 N–H and O–H groups in total. The van der Waals surface area contributed by atoms with E-state index in [0.29, 0.717) is 18.5 Å². The Hall–Kier alpha value is -2.65. The number of amides is 2. The second kappa shape index (κ2) is 12.0. The first-order chi connectivity index (χ1) is 15.6. The van der Waals surface area contributed by atoms with Gasteiger partial charge in [0.25, 0.3) is 0 Å². The normalized spacial score (nSPS) is 12.2. The summed E-state index contributed by atoms with van der Waals surface area (Å²) in [6, 6.07) is 11.1. The average Bonchev–Trinajstić information content (AvgIpc) is 2.77. The van der Waals surface area contributed by atoms with Crippen molar-refractivity contribution in [3.8, 4) is 0 Å². The summed E-state index contributed by atoms with van der Waals surface area (Å²) in [4.78, 5) is 27.6. The lowest BCUT2D eigenvalue weighted by Crippen LogP contribution is -2.52. The van der Waals surface area contributed by atoms with Crippen LogP contribution in [-0.4, -0.2) is 50.5 Å². The molecule has 2 aromatic carbocycles. The van der Waals surface area contributed by atoms with Gasteiger partial charge in [0.1, 0.15) is 18.4 Å². The molecule has 10 heteroatoms. The molecule has 0 spiro atoms. The molecule has 7 nitrogen and oxygen atoms in total. The number of halogens is 2. The first kappa shape index (κ1) is 26.6. The third-order valence-electron chi connectivity index (χ3n) is 5.00. The third kappa shape index (κ3) is 7.43. The van der Waals surface area contributed by atoms with Gasteiger partial charge in [-0.15, -0.1) is 0 Å². The van der Waals surface area contributed by atoms with Gasteiger partial charge >= 0.3 is 0 Å². The first-order valence-electron chi connectivity index (χ1n) is 10.6. The van der Waals surface area contributed by atoms with E-state index >= 15 is 0 Å². The van der Waals surface area contributed by atoms with Gasteiger partial charge in [0.15, 0.2) is 0 Å². The van der Waals surface area contributed by atoms with E-state index in [1.54, 1.807) is 19.1 Å². The molecular formula is C23H29ClFN3O4S. The van der Waals surface area contributed by atoms with Crippen molar-refractivity contribution in [2.45, 2.75) is 39.3 Å². The minimum Gasteiger partial charge on any atom is -0.354 e. The lowest BCUT2D eigenvalue weighted by molar-refractivity contribution is -0.140. The van der Waals surface area contributed by atoms with E-state index in [1.807, 2.05) is 6.92 Å². The van der Waals surface area contributed by atoms with Crippen LogP contribution in [0.4, 0.5) is 10.1 Å². The number of benzene rings is 2. The molecule has 0 radical (unpaired) electrons. The van der Waals surface area contributed by atoms with Crippen LogP contribution in [0.1, 0.15) is 32.3 Å². The van der Waals surface area contributed by atoms with Gasteiger partial charge < -0.3 is 10.2 Å². The summed E-state index contributed by atoms with van der Waals surface area (Å²) in [5.41, 5.74) is 0.773.